The van der Waals surface area contributed by atoms with E-state index >= 15 is 0 Å². The van der Waals surface area contributed by atoms with Crippen molar-refractivity contribution in [3.63, 3.8) is 0 Å². The number of rotatable bonds is 5. The van der Waals surface area contributed by atoms with Crippen LogP contribution in [0.3, 0.4) is 0 Å². The average molecular weight is 443 g/mol. The van der Waals surface area contributed by atoms with Crippen molar-refractivity contribution in [3.8, 4) is 0 Å². The van der Waals surface area contributed by atoms with Crippen molar-refractivity contribution in [2.75, 3.05) is 0 Å². The lowest BCUT2D eigenvalue weighted by molar-refractivity contribution is -0.179. The Labute approximate surface area is 200 Å². The molecule has 1 nitrogen and oxygen atoms in total. The third kappa shape index (κ3) is 3.58. The Hall–Kier alpha value is -0.300. The molecule has 32 heavy (non-hydrogen) atoms. The van der Waals surface area contributed by atoms with Crippen molar-refractivity contribution in [1.29, 1.82) is 0 Å². The van der Waals surface area contributed by atoms with Crippen LogP contribution in [0.25, 0.3) is 0 Å². The van der Waals surface area contributed by atoms with Crippen LogP contribution < -0.4 is 0 Å². The fourth-order valence-electron chi connectivity index (χ4n) is 10.4. The maximum absolute atomic E-state index is 10.6. The summed E-state index contributed by atoms with van der Waals surface area (Å²) in [6.45, 7) is 20.0. The molecule has 0 bridgehead atoms. The Morgan fingerprint density at radius 2 is 1.53 bits per heavy atom. The van der Waals surface area contributed by atoms with E-state index in [1.807, 2.05) is 0 Å². The molecule has 0 aromatic rings. The summed E-state index contributed by atoms with van der Waals surface area (Å²) in [5, 5.41) is 10.6. The van der Waals surface area contributed by atoms with E-state index in [0.29, 0.717) is 28.1 Å². The van der Waals surface area contributed by atoms with Crippen LogP contribution in [0.5, 0.6) is 0 Å². The van der Waals surface area contributed by atoms with Gasteiger partial charge in [0.05, 0.1) is 6.10 Å². The Morgan fingerprint density at radius 3 is 2.19 bits per heavy atom. The molecule has 0 amide bonds. The van der Waals surface area contributed by atoms with Crippen molar-refractivity contribution in [3.05, 3.63) is 11.6 Å². The maximum Gasteiger partial charge on any atom is 0.0568 e. The van der Waals surface area contributed by atoms with Gasteiger partial charge in [-0.2, -0.15) is 0 Å². The summed E-state index contributed by atoms with van der Waals surface area (Å²) in [4.78, 5) is 0. The lowest BCUT2D eigenvalue weighted by Crippen LogP contribution is -2.59. The molecule has 4 fully saturated rings. The first kappa shape index (κ1) is 24.8. The molecule has 1 heteroatoms. The van der Waals surface area contributed by atoms with E-state index in [2.05, 4.69) is 61.5 Å². The van der Waals surface area contributed by atoms with Gasteiger partial charge in [-0.15, -0.1) is 0 Å². The highest BCUT2D eigenvalue weighted by Crippen LogP contribution is 2.73. The standard InChI is InChI=1S/C31H54O/c1-9-23(20(2)3)11-10-21(4)24-14-18-31(8)27-13-12-25-22(5)28(32)16-17-29(25,6)26(27)15-19-30(24,31)7/h9,20-22,24-28,32H,10-19H2,1-8H3/b23-9-/t21-,22+,24-,25+,26+,27-,28+,29+,30-,31+/m1/s1. The second-order valence-corrected chi connectivity index (χ2v) is 13.9. The van der Waals surface area contributed by atoms with E-state index in [1.54, 1.807) is 5.57 Å². The first-order chi connectivity index (χ1) is 15.0. The number of hydrogen-bond donors (Lipinski definition) is 1. The number of allylic oxidation sites excluding steroid dienone is 2. The molecule has 184 valence electrons. The Kier molecular flexibility index (Phi) is 6.77. The second kappa shape index (κ2) is 8.73. The molecule has 4 rings (SSSR count). The number of hydrogen-bond acceptors (Lipinski definition) is 1. The van der Waals surface area contributed by atoms with Gasteiger partial charge in [0, 0.05) is 0 Å². The first-order valence-corrected chi connectivity index (χ1v) is 14.3. The van der Waals surface area contributed by atoms with Crippen LogP contribution in [0, 0.1) is 57.7 Å². The molecule has 0 radical (unpaired) electrons. The van der Waals surface area contributed by atoms with Gasteiger partial charge in [0.2, 0.25) is 0 Å². The summed E-state index contributed by atoms with van der Waals surface area (Å²) in [5.74, 6) is 5.46. The van der Waals surface area contributed by atoms with Gasteiger partial charge in [0.15, 0.2) is 0 Å². The Balaban J connectivity index is 1.53. The monoisotopic (exact) mass is 442 g/mol. The van der Waals surface area contributed by atoms with E-state index in [0.717, 1.165) is 36.0 Å². The van der Waals surface area contributed by atoms with E-state index in [-0.39, 0.29) is 6.10 Å². The quantitative estimate of drug-likeness (QED) is 0.422. The molecule has 0 heterocycles. The van der Waals surface area contributed by atoms with Crippen LogP contribution >= 0.6 is 0 Å². The average Bonchev–Trinajstić information content (AvgIpc) is 3.02. The zero-order valence-corrected chi connectivity index (χ0v) is 22.7. The molecule has 0 aromatic carbocycles. The normalized spacial score (nSPS) is 50.0. The first-order valence-electron chi connectivity index (χ1n) is 14.3. The van der Waals surface area contributed by atoms with Gasteiger partial charge in [0.1, 0.15) is 0 Å². The van der Waals surface area contributed by atoms with Crippen LogP contribution in [0.4, 0.5) is 0 Å². The Morgan fingerprint density at radius 1 is 0.875 bits per heavy atom. The van der Waals surface area contributed by atoms with Gasteiger partial charge >= 0.3 is 0 Å². The van der Waals surface area contributed by atoms with Crippen molar-refractivity contribution < 1.29 is 5.11 Å². The predicted octanol–water partition coefficient (Wildman–Crippen LogP) is 8.66. The van der Waals surface area contributed by atoms with Crippen LogP contribution in [-0.2, 0) is 0 Å². The fraction of sp³-hybridized carbons (Fsp3) is 0.935. The third-order valence-corrected chi connectivity index (χ3v) is 12.8. The fourth-order valence-corrected chi connectivity index (χ4v) is 10.4. The minimum absolute atomic E-state index is 0.0568. The van der Waals surface area contributed by atoms with Crippen molar-refractivity contribution in [1.82, 2.24) is 0 Å². The van der Waals surface area contributed by atoms with Crippen LogP contribution in [0.1, 0.15) is 120 Å². The summed E-state index contributed by atoms with van der Waals surface area (Å²) in [5.41, 5.74) is 3.16. The molecular weight excluding hydrogens is 388 g/mol. The van der Waals surface area contributed by atoms with E-state index < -0.39 is 0 Å². The van der Waals surface area contributed by atoms with E-state index in [4.69, 9.17) is 0 Å². The highest BCUT2D eigenvalue weighted by atomic mass is 16.3. The summed E-state index contributed by atoms with van der Waals surface area (Å²) in [6, 6.07) is 0. The van der Waals surface area contributed by atoms with E-state index in [9.17, 15) is 5.11 Å². The molecular formula is C31H54O. The van der Waals surface area contributed by atoms with Crippen LogP contribution in [-0.4, -0.2) is 11.2 Å². The topological polar surface area (TPSA) is 20.2 Å². The minimum atomic E-state index is -0.0568. The largest absolute Gasteiger partial charge is 0.393 e. The lowest BCUT2D eigenvalue weighted by atomic mass is 9.39. The second-order valence-electron chi connectivity index (χ2n) is 13.9. The van der Waals surface area contributed by atoms with Crippen LogP contribution in [0.2, 0.25) is 0 Å². The lowest BCUT2D eigenvalue weighted by Gasteiger charge is -2.66. The van der Waals surface area contributed by atoms with Gasteiger partial charge in [-0.1, -0.05) is 60.1 Å². The molecule has 0 unspecified atom stereocenters. The molecule has 10 atom stereocenters. The molecule has 0 spiro atoms. The predicted molar refractivity (Wildman–Crippen MR) is 137 cm³/mol. The summed E-state index contributed by atoms with van der Waals surface area (Å²) in [6.07, 6.45) is 15.9. The molecule has 4 saturated carbocycles. The molecule has 1 N–H and O–H groups in total. The van der Waals surface area contributed by atoms with Gasteiger partial charge in [-0.05, 0) is 129 Å². The molecule has 0 aromatic heterocycles. The molecule has 0 aliphatic heterocycles. The number of aliphatic hydroxyl groups is 1. The van der Waals surface area contributed by atoms with Gasteiger partial charge in [0.25, 0.3) is 0 Å². The maximum atomic E-state index is 10.6. The number of aliphatic hydroxyl groups excluding tert-OH is 1. The van der Waals surface area contributed by atoms with Crippen molar-refractivity contribution >= 4 is 0 Å². The summed E-state index contributed by atoms with van der Waals surface area (Å²) < 4.78 is 0. The van der Waals surface area contributed by atoms with Crippen molar-refractivity contribution in [2.45, 2.75) is 126 Å². The summed E-state index contributed by atoms with van der Waals surface area (Å²) >= 11 is 0. The van der Waals surface area contributed by atoms with E-state index in [1.165, 1.54) is 57.8 Å². The smallest absolute Gasteiger partial charge is 0.0568 e. The Bertz CT molecular complexity index is 707. The van der Waals surface area contributed by atoms with Crippen molar-refractivity contribution in [2.24, 2.45) is 57.7 Å². The molecule has 4 aliphatic carbocycles. The molecule has 0 saturated heterocycles. The summed E-state index contributed by atoms with van der Waals surface area (Å²) in [7, 11) is 0. The number of fused-ring (bicyclic) bond motifs is 5. The zero-order chi connectivity index (χ0) is 23.5. The minimum Gasteiger partial charge on any atom is -0.393 e. The third-order valence-electron chi connectivity index (χ3n) is 12.8. The van der Waals surface area contributed by atoms with Gasteiger partial charge in [-0.3, -0.25) is 0 Å². The van der Waals surface area contributed by atoms with Gasteiger partial charge in [-0.25, -0.2) is 0 Å². The van der Waals surface area contributed by atoms with Gasteiger partial charge < -0.3 is 5.11 Å². The van der Waals surface area contributed by atoms with Crippen LogP contribution in [0.15, 0.2) is 11.6 Å². The highest BCUT2D eigenvalue weighted by Gasteiger charge is 2.66. The highest BCUT2D eigenvalue weighted by molar-refractivity contribution is 5.15. The zero-order valence-electron chi connectivity index (χ0n) is 22.7. The SMILES string of the molecule is C/C=C(/CC[C@@H](C)[C@H]1CC[C@@]2(C)[C@@H]3CC[C@H]4[C@H](C)[C@@H](O)CC[C@]4(C)[C@H]3CC[C@]12C)C(C)C. The molecule has 4 aliphatic rings.